The van der Waals surface area contributed by atoms with Crippen LogP contribution in [0.1, 0.15) is 276 Å². The highest BCUT2D eigenvalue weighted by atomic mass is 19.2. The van der Waals surface area contributed by atoms with Crippen LogP contribution < -0.4 is 0 Å². The first-order chi connectivity index (χ1) is 60.3. The van der Waals surface area contributed by atoms with E-state index in [1.54, 1.807) is 103 Å². The molecule has 12 aromatic rings. The maximum atomic E-state index is 14.6. The molecule has 6 aliphatic carbocycles. The van der Waals surface area contributed by atoms with Crippen molar-refractivity contribution < 1.29 is 65.8 Å². The molecule has 0 bridgehead atoms. The molecule has 0 saturated heterocycles. The minimum absolute atomic E-state index is 0.0373. The van der Waals surface area contributed by atoms with Gasteiger partial charge in [-0.15, -0.1) is 0 Å². The van der Waals surface area contributed by atoms with E-state index >= 15 is 0 Å². The molecule has 6 aliphatic rings. The van der Waals surface area contributed by atoms with Gasteiger partial charge in [0.1, 0.15) is 57.9 Å². The van der Waals surface area contributed by atoms with Crippen molar-refractivity contribution in [2.24, 2.45) is 0 Å². The monoisotopic (exact) mass is 1700 g/mol. The van der Waals surface area contributed by atoms with E-state index in [1.165, 1.54) is 109 Å². The molecule has 125 heavy (non-hydrogen) atoms. The van der Waals surface area contributed by atoms with Crippen molar-refractivity contribution in [3.63, 3.8) is 0 Å². The van der Waals surface area contributed by atoms with Crippen molar-refractivity contribution in [1.82, 2.24) is 0 Å². The third kappa shape index (κ3) is 20.9. The highest BCUT2D eigenvalue weighted by molar-refractivity contribution is 5.50. The van der Waals surface area contributed by atoms with Crippen molar-refractivity contribution in [1.29, 1.82) is 0 Å². The molecule has 0 aliphatic heterocycles. The SMILES string of the molecule is Cc1cc(C2(c3ccc(O)cc3)CCCCC2)ccc1F.Cc1cc(F)cc(C2(c3ccc(O)cc3)CCCCC2)c1.Cc1ccc(C2(c3ccc(O)cc3)CCCCC2)c(F)c1.Oc1ccc(C2(c3c(F)cccc3F)CCCCC2)cc1.Oc1ccc(C2(c3ccccc3)CCCCC2)cc1F.Oc1ccc(C2(c3ccccc3F)CCCCC2)cc1F. The molecule has 12 aromatic carbocycles. The first-order valence-electron chi connectivity index (χ1n) is 45.0. The van der Waals surface area contributed by atoms with E-state index in [1.807, 2.05) is 112 Å². The number of aryl methyl sites for hydroxylation is 3. The predicted molar refractivity (Wildman–Crippen MR) is 484 cm³/mol. The van der Waals surface area contributed by atoms with Crippen LogP contribution in [0.2, 0.25) is 0 Å². The van der Waals surface area contributed by atoms with E-state index in [0.717, 1.165) is 199 Å². The summed E-state index contributed by atoms with van der Waals surface area (Å²) in [6, 6.07) is 76.0. The second-order valence-corrected chi connectivity index (χ2v) is 35.8. The summed E-state index contributed by atoms with van der Waals surface area (Å²) in [5.41, 5.74) is 12.3. The summed E-state index contributed by atoms with van der Waals surface area (Å²) in [6.07, 6.45) is 31.7. The zero-order chi connectivity index (χ0) is 88.4. The number of halogens is 8. The lowest BCUT2D eigenvalue weighted by molar-refractivity contribution is 0.323. The lowest BCUT2D eigenvalue weighted by Gasteiger charge is -2.39. The van der Waals surface area contributed by atoms with Crippen molar-refractivity contribution in [2.75, 3.05) is 0 Å². The molecule has 14 heteroatoms. The Morgan fingerprint density at radius 2 is 0.520 bits per heavy atom. The van der Waals surface area contributed by atoms with Gasteiger partial charge in [0.05, 0.1) is 0 Å². The number of aromatic hydroxyl groups is 6. The van der Waals surface area contributed by atoms with E-state index in [4.69, 9.17) is 0 Å². The summed E-state index contributed by atoms with van der Waals surface area (Å²) in [7, 11) is 0. The quantitative estimate of drug-likeness (QED) is 0.0678. The molecule has 6 fully saturated rings. The fraction of sp³-hybridized carbons (Fsp3) is 0.351. The zero-order valence-corrected chi connectivity index (χ0v) is 72.2. The Morgan fingerprint density at radius 3 is 0.920 bits per heavy atom. The molecule has 0 spiro atoms. The maximum Gasteiger partial charge on any atom is 0.165 e. The fourth-order valence-corrected chi connectivity index (χ4v) is 21.5. The van der Waals surface area contributed by atoms with Crippen LogP contribution in [-0.2, 0) is 32.5 Å². The number of phenols is 6. The molecule has 0 amide bonds. The van der Waals surface area contributed by atoms with Gasteiger partial charge in [-0.05, 0) is 291 Å². The second kappa shape index (κ2) is 41.3. The summed E-state index contributed by atoms with van der Waals surface area (Å²) in [6.45, 7) is 5.69. The maximum absolute atomic E-state index is 14.6. The Labute approximate surface area is 732 Å². The highest BCUT2D eigenvalue weighted by Crippen LogP contribution is 2.53. The van der Waals surface area contributed by atoms with Gasteiger partial charge in [0.15, 0.2) is 23.1 Å². The van der Waals surface area contributed by atoms with E-state index < -0.39 is 34.1 Å². The van der Waals surface area contributed by atoms with Crippen LogP contribution in [0.4, 0.5) is 35.1 Å². The van der Waals surface area contributed by atoms with Gasteiger partial charge in [-0.3, -0.25) is 0 Å². The number of hydrogen-bond donors (Lipinski definition) is 6. The molecule has 0 heterocycles. The van der Waals surface area contributed by atoms with Crippen LogP contribution >= 0.6 is 0 Å². The largest absolute Gasteiger partial charge is 0.508 e. The van der Waals surface area contributed by atoms with E-state index in [0.29, 0.717) is 16.9 Å². The van der Waals surface area contributed by atoms with Gasteiger partial charge < -0.3 is 30.6 Å². The minimum Gasteiger partial charge on any atom is -0.508 e. The van der Waals surface area contributed by atoms with Crippen molar-refractivity contribution in [3.05, 3.63) is 391 Å². The standard InChI is InChI=1S/3C19H21FO.2C18H18F2O.C18H19FO/c1-14-5-10-17(18(20)13-14)19(11-3-2-4-12-19)15-6-8-16(21)9-7-15;1-14-13-16(7-10-18(14)20)19(11-3-2-4-12-19)15-5-8-17(21)9-6-15;1-14-11-16(13-17(20)12-14)19(9-3-2-4-10-19)15-5-7-18(21)8-6-15;19-15-7-3-2-6-14(15)18(10-4-1-5-11-18)13-8-9-17(21)16(20)12-13;19-15-5-4-6-16(20)17(15)18(11-2-1-3-12-18)13-7-9-14(21)10-8-13;19-16-13-15(9-10-17(16)20)18(11-5-2-6-12-18)14-7-3-1-4-8-14/h2*5-10,13,21H,2-4,11-12H2,1H3;5-8,11-13,21H,2-4,9-10H2,1H3;2-3,6-9,12,21H,1,4-5,10-11H2;4-10,21H,1-3,11-12H2;1,3-4,7-10,13,20H,2,5-6,11-12H2. The van der Waals surface area contributed by atoms with Crippen molar-refractivity contribution in [2.45, 2.75) is 246 Å². The highest BCUT2D eigenvalue weighted by Gasteiger charge is 2.44. The summed E-state index contributed by atoms with van der Waals surface area (Å²) in [5.74, 6) is -2.42. The van der Waals surface area contributed by atoms with Gasteiger partial charge in [0.25, 0.3) is 0 Å². The van der Waals surface area contributed by atoms with Gasteiger partial charge in [0.2, 0.25) is 0 Å². The third-order valence-electron chi connectivity index (χ3n) is 28.0. The molecule has 0 radical (unpaired) electrons. The van der Waals surface area contributed by atoms with Crippen LogP contribution in [0.15, 0.2) is 261 Å². The van der Waals surface area contributed by atoms with Crippen LogP contribution in [-0.4, -0.2) is 30.6 Å². The molecular formula is C111H118F8O6. The summed E-state index contributed by atoms with van der Waals surface area (Å²) in [5, 5.41) is 56.9. The van der Waals surface area contributed by atoms with Gasteiger partial charge >= 0.3 is 0 Å². The van der Waals surface area contributed by atoms with Crippen LogP contribution in [0.5, 0.6) is 34.5 Å². The van der Waals surface area contributed by atoms with Crippen LogP contribution in [0.25, 0.3) is 0 Å². The van der Waals surface area contributed by atoms with Crippen molar-refractivity contribution in [3.8, 4) is 34.5 Å². The summed E-state index contributed by atoms with van der Waals surface area (Å²) >= 11 is 0. The van der Waals surface area contributed by atoms with Crippen LogP contribution in [0.3, 0.4) is 0 Å². The predicted octanol–water partition coefficient (Wildman–Crippen LogP) is 29.9. The molecule has 654 valence electrons. The Kier molecular flexibility index (Phi) is 30.3. The molecule has 18 rings (SSSR count). The van der Waals surface area contributed by atoms with Crippen molar-refractivity contribution >= 4 is 0 Å². The van der Waals surface area contributed by atoms with E-state index in [9.17, 15) is 65.8 Å². The van der Waals surface area contributed by atoms with Crippen LogP contribution in [0, 0.1) is 67.3 Å². The Balaban J connectivity index is 0.000000129. The first kappa shape index (κ1) is 91.6. The number of benzene rings is 12. The number of hydrogen-bond acceptors (Lipinski definition) is 6. The second-order valence-electron chi connectivity index (χ2n) is 35.8. The normalized spacial score (nSPS) is 17.7. The Hall–Kier alpha value is -11.1. The third-order valence-corrected chi connectivity index (χ3v) is 28.0. The zero-order valence-electron chi connectivity index (χ0n) is 72.2. The minimum atomic E-state index is -0.645. The lowest BCUT2D eigenvalue weighted by Crippen LogP contribution is -2.32. The fourth-order valence-electron chi connectivity index (χ4n) is 21.5. The summed E-state index contributed by atoms with van der Waals surface area (Å²) < 4.78 is 113. The smallest absolute Gasteiger partial charge is 0.165 e. The average Bonchev–Trinajstić information content (AvgIpc) is 0.777. The first-order valence-corrected chi connectivity index (χ1v) is 45.0. The molecule has 6 saturated carbocycles. The lowest BCUT2D eigenvalue weighted by atomic mass is 9.65. The molecule has 0 atom stereocenters. The number of phenolic OH excluding ortho intramolecular Hbond substituents is 6. The van der Waals surface area contributed by atoms with Gasteiger partial charge in [-0.1, -0.05) is 261 Å². The Bertz CT molecular complexity index is 5460. The van der Waals surface area contributed by atoms with Gasteiger partial charge in [-0.25, -0.2) is 35.1 Å². The van der Waals surface area contributed by atoms with Gasteiger partial charge in [0, 0.05) is 38.1 Å². The molecule has 6 N–H and O–H groups in total. The van der Waals surface area contributed by atoms with Gasteiger partial charge in [-0.2, -0.15) is 0 Å². The number of rotatable bonds is 12. The molecule has 0 aromatic heterocycles. The summed E-state index contributed by atoms with van der Waals surface area (Å²) in [4.78, 5) is 0. The Morgan fingerprint density at radius 1 is 0.200 bits per heavy atom. The molecule has 6 nitrogen and oxygen atoms in total. The average molecular weight is 1700 g/mol. The molecule has 0 unspecified atom stereocenters. The molecular weight excluding hydrogens is 1580 g/mol. The van der Waals surface area contributed by atoms with E-state index in [2.05, 4.69) is 18.2 Å². The van der Waals surface area contributed by atoms with E-state index in [-0.39, 0.29) is 79.2 Å². The topological polar surface area (TPSA) is 121 Å².